The molecular weight excluding hydrogens is 380 g/mol. The minimum Gasteiger partial charge on any atom is -0.346 e. The molecule has 10 nitrogen and oxygen atoms in total. The smallest absolute Gasteiger partial charge is 0.315 e. The molecule has 4 rings (SSSR count). The van der Waals surface area contributed by atoms with Crippen LogP contribution in [0.2, 0.25) is 0 Å². The molecule has 0 aliphatic carbocycles. The number of fused-ring (bicyclic) bond motifs is 1. The molecule has 0 saturated carbocycles. The van der Waals surface area contributed by atoms with E-state index >= 15 is 0 Å². The number of imide groups is 1. The molecule has 0 spiro atoms. The van der Waals surface area contributed by atoms with Crippen molar-refractivity contribution in [1.82, 2.24) is 14.7 Å². The number of ether oxygens (including phenoxy) is 2. The molecule has 0 bridgehead atoms. The van der Waals surface area contributed by atoms with E-state index in [9.17, 15) is 19.7 Å². The third-order valence-corrected chi connectivity index (χ3v) is 5.59. The van der Waals surface area contributed by atoms with Gasteiger partial charge in [0.2, 0.25) is 6.29 Å². The molecule has 1 saturated heterocycles. The highest BCUT2D eigenvalue weighted by molar-refractivity contribution is 6.21. The Labute approximate surface area is 166 Å². The van der Waals surface area contributed by atoms with Crippen LogP contribution >= 0.6 is 0 Å². The molecule has 0 atom stereocenters. The van der Waals surface area contributed by atoms with Crippen LogP contribution in [-0.4, -0.2) is 51.2 Å². The predicted octanol–water partition coefficient (Wildman–Crippen LogP) is 2.07. The van der Waals surface area contributed by atoms with E-state index in [-0.39, 0.29) is 43.0 Å². The first-order valence-corrected chi connectivity index (χ1v) is 9.21. The predicted molar refractivity (Wildman–Crippen MR) is 99.0 cm³/mol. The van der Waals surface area contributed by atoms with Crippen LogP contribution in [0.15, 0.2) is 30.5 Å². The van der Waals surface area contributed by atoms with E-state index in [0.29, 0.717) is 17.5 Å². The van der Waals surface area contributed by atoms with Crippen molar-refractivity contribution in [1.29, 1.82) is 0 Å². The first kappa shape index (κ1) is 19.2. The minimum atomic E-state index is -0.940. The molecule has 2 aromatic rings. The molecule has 1 aromatic carbocycles. The fraction of sp³-hybridized carbons (Fsp3) is 0.421. The maximum absolute atomic E-state index is 12.7. The van der Waals surface area contributed by atoms with Gasteiger partial charge in [-0.2, -0.15) is 5.10 Å². The first-order chi connectivity index (χ1) is 13.9. The summed E-state index contributed by atoms with van der Waals surface area (Å²) in [5, 5.41) is 15.1. The minimum absolute atomic E-state index is 0.149. The number of hydrogen-bond acceptors (Lipinski definition) is 7. The molecule has 2 aliphatic rings. The normalized spacial score (nSPS) is 24.1. The second kappa shape index (κ2) is 7.05. The van der Waals surface area contributed by atoms with Gasteiger partial charge in [0.25, 0.3) is 11.8 Å². The standard InChI is InChI=1S/C19H20N4O6/c1-3-19(9-22-16(24)12-6-4-5-7-13(12)17(22)25)10-28-18(29-11-19)15-14(23(26)27)8-20-21(15)2/h4-8,18H,3,9-11H2,1-2H3. The van der Waals surface area contributed by atoms with Gasteiger partial charge in [0.05, 0.1) is 29.3 Å². The SMILES string of the molecule is CCC1(CN2C(=O)c3ccccc3C2=O)COC(c2c([N+](=O)[O-])cnn2C)OC1. The number of hydrogen-bond donors (Lipinski definition) is 0. The Bertz CT molecular complexity index is 957. The number of carbonyl (C=O) groups is 2. The van der Waals surface area contributed by atoms with E-state index in [1.807, 2.05) is 6.92 Å². The van der Waals surface area contributed by atoms with Gasteiger partial charge in [0.1, 0.15) is 6.20 Å². The zero-order chi connectivity index (χ0) is 20.8. The highest BCUT2D eigenvalue weighted by atomic mass is 16.7. The molecular formula is C19H20N4O6. The second-order valence-electron chi connectivity index (χ2n) is 7.35. The van der Waals surface area contributed by atoms with Crippen LogP contribution < -0.4 is 0 Å². The van der Waals surface area contributed by atoms with Crippen molar-refractivity contribution in [3.63, 3.8) is 0 Å². The number of benzene rings is 1. The highest BCUT2D eigenvalue weighted by Gasteiger charge is 2.45. The fourth-order valence-corrected chi connectivity index (χ4v) is 3.73. The second-order valence-corrected chi connectivity index (χ2v) is 7.35. The fourth-order valence-electron chi connectivity index (χ4n) is 3.73. The van der Waals surface area contributed by atoms with E-state index < -0.39 is 16.6 Å². The van der Waals surface area contributed by atoms with Gasteiger partial charge in [-0.25, -0.2) is 0 Å². The summed E-state index contributed by atoms with van der Waals surface area (Å²) in [6.45, 7) is 2.45. The van der Waals surface area contributed by atoms with Crippen molar-refractivity contribution in [3.05, 3.63) is 57.4 Å². The topological polar surface area (TPSA) is 117 Å². The van der Waals surface area contributed by atoms with Crippen molar-refractivity contribution in [2.75, 3.05) is 19.8 Å². The number of aromatic nitrogens is 2. The Morgan fingerprint density at radius 1 is 1.21 bits per heavy atom. The molecule has 2 aliphatic heterocycles. The van der Waals surface area contributed by atoms with Crippen molar-refractivity contribution >= 4 is 17.5 Å². The Morgan fingerprint density at radius 3 is 2.31 bits per heavy atom. The molecule has 0 N–H and O–H groups in total. The summed E-state index contributed by atoms with van der Waals surface area (Å²) < 4.78 is 13.0. The van der Waals surface area contributed by atoms with Crippen molar-refractivity contribution in [2.45, 2.75) is 19.6 Å². The van der Waals surface area contributed by atoms with E-state index in [4.69, 9.17) is 9.47 Å². The molecule has 152 valence electrons. The van der Waals surface area contributed by atoms with Crippen LogP contribution in [0.5, 0.6) is 0 Å². The summed E-state index contributed by atoms with van der Waals surface area (Å²) in [5.41, 5.74) is 0.230. The van der Waals surface area contributed by atoms with Gasteiger partial charge in [-0.3, -0.25) is 29.3 Å². The van der Waals surface area contributed by atoms with E-state index in [1.165, 1.54) is 9.58 Å². The molecule has 10 heteroatoms. The zero-order valence-corrected chi connectivity index (χ0v) is 16.0. The first-order valence-electron chi connectivity index (χ1n) is 9.21. The maximum Gasteiger partial charge on any atom is 0.315 e. The summed E-state index contributed by atoms with van der Waals surface area (Å²) in [5.74, 6) is -0.661. The van der Waals surface area contributed by atoms with Gasteiger partial charge >= 0.3 is 5.69 Å². The molecule has 29 heavy (non-hydrogen) atoms. The van der Waals surface area contributed by atoms with Gasteiger partial charge in [0.15, 0.2) is 5.69 Å². The van der Waals surface area contributed by atoms with Gasteiger partial charge in [-0.1, -0.05) is 19.1 Å². The van der Waals surface area contributed by atoms with Crippen LogP contribution in [0, 0.1) is 15.5 Å². The van der Waals surface area contributed by atoms with Crippen LogP contribution in [0.4, 0.5) is 5.69 Å². The highest BCUT2D eigenvalue weighted by Crippen LogP contribution is 2.38. The van der Waals surface area contributed by atoms with Crippen molar-refractivity contribution in [3.8, 4) is 0 Å². The number of aryl methyl sites for hydroxylation is 1. The number of rotatable bonds is 5. The average Bonchev–Trinajstić information content (AvgIpc) is 3.22. The van der Waals surface area contributed by atoms with Crippen LogP contribution in [-0.2, 0) is 16.5 Å². The van der Waals surface area contributed by atoms with E-state index in [2.05, 4.69) is 5.10 Å². The summed E-state index contributed by atoms with van der Waals surface area (Å²) in [4.78, 5) is 37.3. The number of nitro groups is 1. The average molecular weight is 400 g/mol. The summed E-state index contributed by atoms with van der Waals surface area (Å²) in [6, 6.07) is 6.72. The van der Waals surface area contributed by atoms with Crippen molar-refractivity contribution < 1.29 is 24.0 Å². The van der Waals surface area contributed by atoms with E-state index in [1.54, 1.807) is 31.3 Å². The number of amides is 2. The molecule has 1 fully saturated rings. The lowest BCUT2D eigenvalue weighted by molar-refractivity contribution is -0.388. The molecule has 2 amide bonds. The van der Waals surface area contributed by atoms with Crippen LogP contribution in [0.3, 0.4) is 0 Å². The largest absolute Gasteiger partial charge is 0.346 e. The van der Waals surface area contributed by atoms with Gasteiger partial charge < -0.3 is 9.47 Å². The lowest BCUT2D eigenvalue weighted by Gasteiger charge is -2.40. The zero-order valence-electron chi connectivity index (χ0n) is 16.0. The Kier molecular flexibility index (Phi) is 4.67. The van der Waals surface area contributed by atoms with Crippen LogP contribution in [0.1, 0.15) is 46.0 Å². The van der Waals surface area contributed by atoms with Crippen molar-refractivity contribution in [2.24, 2.45) is 12.5 Å². The molecule has 0 radical (unpaired) electrons. The quantitative estimate of drug-likeness (QED) is 0.428. The van der Waals surface area contributed by atoms with E-state index in [0.717, 1.165) is 6.20 Å². The Morgan fingerprint density at radius 2 is 1.79 bits per heavy atom. The number of nitrogens with zero attached hydrogens (tertiary/aromatic N) is 4. The monoisotopic (exact) mass is 400 g/mol. The third kappa shape index (κ3) is 3.10. The molecule has 1 aromatic heterocycles. The summed E-state index contributed by atoms with van der Waals surface area (Å²) in [6.07, 6.45) is 0.813. The lowest BCUT2D eigenvalue weighted by atomic mass is 9.85. The van der Waals surface area contributed by atoms with Gasteiger partial charge in [-0.15, -0.1) is 0 Å². The Balaban J connectivity index is 1.52. The third-order valence-electron chi connectivity index (χ3n) is 5.59. The molecule has 3 heterocycles. The maximum atomic E-state index is 12.7. The molecule has 0 unspecified atom stereocenters. The number of carbonyl (C=O) groups excluding carboxylic acids is 2. The van der Waals surface area contributed by atoms with Gasteiger partial charge in [-0.05, 0) is 18.6 Å². The lowest BCUT2D eigenvalue weighted by Crippen LogP contribution is -2.48. The summed E-state index contributed by atoms with van der Waals surface area (Å²) in [7, 11) is 1.58. The van der Waals surface area contributed by atoms with Gasteiger partial charge in [0, 0.05) is 19.0 Å². The summed E-state index contributed by atoms with van der Waals surface area (Å²) >= 11 is 0. The van der Waals surface area contributed by atoms with Crippen LogP contribution in [0.25, 0.3) is 0 Å². The Hall–Kier alpha value is -3.11.